The molecule has 0 saturated heterocycles. The lowest BCUT2D eigenvalue weighted by Crippen LogP contribution is -2.06. The first-order chi connectivity index (χ1) is 9.69. The van der Waals surface area contributed by atoms with Crippen molar-refractivity contribution in [2.75, 3.05) is 11.9 Å². The Labute approximate surface area is 122 Å². The first-order valence-electron chi connectivity index (χ1n) is 6.61. The van der Waals surface area contributed by atoms with Crippen molar-refractivity contribution in [2.45, 2.75) is 26.8 Å². The van der Waals surface area contributed by atoms with E-state index in [1.165, 1.54) is 4.88 Å². The molecule has 1 N–H and O–H groups in total. The number of carbonyl (C=O) groups is 1. The monoisotopic (exact) mass is 290 g/mol. The molecule has 0 spiro atoms. The van der Waals surface area contributed by atoms with E-state index >= 15 is 0 Å². The van der Waals surface area contributed by atoms with Crippen LogP contribution in [0.4, 0.5) is 5.69 Å². The van der Waals surface area contributed by atoms with Crippen LogP contribution < -0.4 is 5.32 Å². The third kappa shape index (κ3) is 4.06. The topological polar surface area (TPSA) is 51.2 Å². The lowest BCUT2D eigenvalue weighted by Gasteiger charge is -2.06. The van der Waals surface area contributed by atoms with E-state index in [2.05, 4.69) is 10.3 Å². The van der Waals surface area contributed by atoms with E-state index in [0.717, 1.165) is 23.7 Å². The van der Waals surface area contributed by atoms with Crippen molar-refractivity contribution in [3.8, 4) is 0 Å². The molecule has 0 fully saturated rings. The van der Waals surface area contributed by atoms with Crippen LogP contribution in [-0.4, -0.2) is 17.6 Å². The van der Waals surface area contributed by atoms with Crippen molar-refractivity contribution < 1.29 is 9.53 Å². The summed E-state index contributed by atoms with van der Waals surface area (Å²) in [4.78, 5) is 17.0. The number of benzene rings is 1. The van der Waals surface area contributed by atoms with Gasteiger partial charge in [0, 0.05) is 16.8 Å². The zero-order valence-corrected chi connectivity index (χ0v) is 12.5. The van der Waals surface area contributed by atoms with Crippen molar-refractivity contribution in [2.24, 2.45) is 0 Å². The highest BCUT2D eigenvalue weighted by Gasteiger charge is 2.06. The normalized spacial score (nSPS) is 10.3. The van der Waals surface area contributed by atoms with Crippen LogP contribution in [0.15, 0.2) is 30.5 Å². The number of aromatic nitrogens is 1. The van der Waals surface area contributed by atoms with Gasteiger partial charge in [-0.15, -0.1) is 11.3 Å². The number of nitrogens with one attached hydrogen (secondary N) is 1. The van der Waals surface area contributed by atoms with Gasteiger partial charge in [-0.2, -0.15) is 0 Å². The Balaban J connectivity index is 1.89. The van der Waals surface area contributed by atoms with Crippen LogP contribution in [0.2, 0.25) is 0 Å². The predicted molar refractivity (Wildman–Crippen MR) is 81.2 cm³/mol. The molecular weight excluding hydrogens is 272 g/mol. The molecule has 0 aliphatic rings. The summed E-state index contributed by atoms with van der Waals surface area (Å²) in [6.07, 6.45) is 2.71. The SMILES string of the molecule is CCCOC(=O)c1ccc(NCc2cnc(C)s2)cc1. The zero-order chi connectivity index (χ0) is 14.4. The van der Waals surface area contributed by atoms with Crippen LogP contribution >= 0.6 is 11.3 Å². The average Bonchev–Trinajstić information content (AvgIpc) is 2.89. The highest BCUT2D eigenvalue weighted by molar-refractivity contribution is 7.11. The summed E-state index contributed by atoms with van der Waals surface area (Å²) in [5.74, 6) is -0.267. The van der Waals surface area contributed by atoms with Gasteiger partial charge in [-0.3, -0.25) is 0 Å². The van der Waals surface area contributed by atoms with Crippen molar-refractivity contribution in [1.82, 2.24) is 4.98 Å². The quantitative estimate of drug-likeness (QED) is 0.825. The minimum Gasteiger partial charge on any atom is -0.462 e. The van der Waals surface area contributed by atoms with Gasteiger partial charge >= 0.3 is 5.97 Å². The van der Waals surface area contributed by atoms with Crippen LogP contribution in [0.3, 0.4) is 0 Å². The largest absolute Gasteiger partial charge is 0.462 e. The molecule has 0 atom stereocenters. The van der Waals surface area contributed by atoms with Crippen LogP contribution in [-0.2, 0) is 11.3 Å². The second kappa shape index (κ2) is 7.05. The van der Waals surface area contributed by atoms with Crippen LogP contribution in [0.25, 0.3) is 0 Å². The molecule has 1 aromatic carbocycles. The number of carbonyl (C=O) groups excluding carboxylic acids is 1. The van der Waals surface area contributed by atoms with Gasteiger partial charge in [-0.25, -0.2) is 9.78 Å². The minimum absolute atomic E-state index is 0.267. The Hall–Kier alpha value is -1.88. The van der Waals surface area contributed by atoms with E-state index in [4.69, 9.17) is 4.74 Å². The summed E-state index contributed by atoms with van der Waals surface area (Å²) >= 11 is 1.68. The summed E-state index contributed by atoms with van der Waals surface area (Å²) in [5.41, 5.74) is 1.56. The molecule has 1 heterocycles. The summed E-state index contributed by atoms with van der Waals surface area (Å²) in [7, 11) is 0. The second-order valence-electron chi connectivity index (χ2n) is 4.41. The van der Waals surface area contributed by atoms with Gasteiger partial charge in [-0.1, -0.05) is 6.92 Å². The fourth-order valence-electron chi connectivity index (χ4n) is 1.68. The first-order valence-corrected chi connectivity index (χ1v) is 7.43. The van der Waals surface area contributed by atoms with Gasteiger partial charge in [0.05, 0.1) is 23.7 Å². The highest BCUT2D eigenvalue weighted by atomic mass is 32.1. The fraction of sp³-hybridized carbons (Fsp3) is 0.333. The number of hydrogen-bond donors (Lipinski definition) is 1. The van der Waals surface area contributed by atoms with Gasteiger partial charge < -0.3 is 10.1 Å². The maximum absolute atomic E-state index is 11.6. The molecule has 1 aromatic heterocycles. The van der Waals surface area contributed by atoms with Crippen LogP contribution in [0.5, 0.6) is 0 Å². The number of nitrogens with zero attached hydrogens (tertiary/aromatic N) is 1. The maximum Gasteiger partial charge on any atom is 0.338 e. The molecule has 0 saturated carbocycles. The van der Waals surface area contributed by atoms with Crippen LogP contribution in [0.1, 0.15) is 33.6 Å². The molecule has 0 unspecified atom stereocenters. The predicted octanol–water partition coefficient (Wildman–Crippen LogP) is 3.63. The van der Waals surface area contributed by atoms with Crippen molar-refractivity contribution in [3.05, 3.63) is 45.9 Å². The molecule has 0 aliphatic carbocycles. The first kappa shape index (κ1) is 14.5. The molecule has 0 amide bonds. The lowest BCUT2D eigenvalue weighted by atomic mass is 10.2. The Morgan fingerprint density at radius 1 is 1.35 bits per heavy atom. The number of hydrogen-bond acceptors (Lipinski definition) is 5. The molecule has 0 radical (unpaired) electrons. The third-order valence-electron chi connectivity index (χ3n) is 2.69. The minimum atomic E-state index is -0.267. The number of esters is 1. The smallest absolute Gasteiger partial charge is 0.338 e. The van der Waals surface area contributed by atoms with E-state index in [-0.39, 0.29) is 5.97 Å². The zero-order valence-electron chi connectivity index (χ0n) is 11.7. The Morgan fingerprint density at radius 3 is 2.70 bits per heavy atom. The number of ether oxygens (including phenoxy) is 1. The van der Waals surface area contributed by atoms with Gasteiger partial charge in [0.1, 0.15) is 0 Å². The van der Waals surface area contributed by atoms with Crippen molar-refractivity contribution in [1.29, 1.82) is 0 Å². The lowest BCUT2D eigenvalue weighted by molar-refractivity contribution is 0.0505. The van der Waals surface area contributed by atoms with E-state index in [1.807, 2.05) is 32.2 Å². The summed E-state index contributed by atoms with van der Waals surface area (Å²) in [6, 6.07) is 7.32. The van der Waals surface area contributed by atoms with E-state index in [0.29, 0.717) is 12.2 Å². The summed E-state index contributed by atoms with van der Waals surface area (Å²) < 4.78 is 5.08. The molecule has 0 bridgehead atoms. The van der Waals surface area contributed by atoms with Crippen LogP contribution in [0, 0.1) is 6.92 Å². The maximum atomic E-state index is 11.6. The van der Waals surface area contributed by atoms with Gasteiger partial charge in [-0.05, 0) is 37.6 Å². The second-order valence-corrected chi connectivity index (χ2v) is 5.73. The molecular formula is C15H18N2O2S. The molecule has 0 aliphatic heterocycles. The van der Waals surface area contributed by atoms with Crippen molar-refractivity contribution >= 4 is 23.0 Å². The van der Waals surface area contributed by atoms with Gasteiger partial charge in [0.2, 0.25) is 0 Å². The standard InChI is InChI=1S/C15H18N2O2S/c1-3-8-19-15(18)12-4-6-13(7-5-12)17-10-14-9-16-11(2)20-14/h4-7,9,17H,3,8,10H2,1-2H3. The molecule has 2 aromatic rings. The number of aryl methyl sites for hydroxylation is 1. The molecule has 4 nitrogen and oxygen atoms in total. The number of rotatable bonds is 6. The Morgan fingerprint density at radius 2 is 2.10 bits per heavy atom. The van der Waals surface area contributed by atoms with E-state index in [9.17, 15) is 4.79 Å². The third-order valence-corrected chi connectivity index (χ3v) is 3.61. The highest BCUT2D eigenvalue weighted by Crippen LogP contribution is 2.15. The number of thiazole rings is 1. The molecule has 106 valence electrons. The molecule has 20 heavy (non-hydrogen) atoms. The summed E-state index contributed by atoms with van der Waals surface area (Å²) in [5, 5.41) is 4.37. The molecule has 5 heteroatoms. The average molecular weight is 290 g/mol. The van der Waals surface area contributed by atoms with Gasteiger partial charge in [0.15, 0.2) is 0 Å². The molecule has 2 rings (SSSR count). The Kier molecular flexibility index (Phi) is 5.12. The van der Waals surface area contributed by atoms with Gasteiger partial charge in [0.25, 0.3) is 0 Å². The number of anilines is 1. The Bertz CT molecular complexity index is 564. The summed E-state index contributed by atoms with van der Waals surface area (Å²) in [6.45, 7) is 5.17. The van der Waals surface area contributed by atoms with E-state index < -0.39 is 0 Å². The fourth-order valence-corrected chi connectivity index (χ4v) is 2.41. The van der Waals surface area contributed by atoms with Crippen molar-refractivity contribution in [3.63, 3.8) is 0 Å². The van der Waals surface area contributed by atoms with E-state index in [1.54, 1.807) is 23.5 Å².